The summed E-state index contributed by atoms with van der Waals surface area (Å²) in [7, 11) is 1.33. The molecule has 0 radical (unpaired) electrons. The summed E-state index contributed by atoms with van der Waals surface area (Å²) in [6, 6.07) is 4.63. The van der Waals surface area contributed by atoms with Gasteiger partial charge in [-0.15, -0.1) is 0 Å². The van der Waals surface area contributed by atoms with E-state index in [9.17, 15) is 14.4 Å². The first kappa shape index (κ1) is 15.2. The van der Waals surface area contributed by atoms with Gasteiger partial charge < -0.3 is 9.64 Å². The maximum atomic E-state index is 12.5. The van der Waals surface area contributed by atoms with Crippen LogP contribution in [0.2, 0.25) is 0 Å². The molecule has 7 nitrogen and oxygen atoms in total. The van der Waals surface area contributed by atoms with Crippen LogP contribution in [0.15, 0.2) is 29.2 Å². The normalized spacial score (nSPS) is 18.0. The first-order chi connectivity index (χ1) is 11.2. The van der Waals surface area contributed by atoms with Crippen LogP contribution in [-0.2, 0) is 9.53 Å². The van der Waals surface area contributed by atoms with Gasteiger partial charge in [0.1, 0.15) is 23.1 Å². The third kappa shape index (κ3) is 2.58. The zero-order valence-electron chi connectivity index (χ0n) is 12.8. The van der Waals surface area contributed by atoms with Crippen molar-refractivity contribution in [2.75, 3.05) is 18.6 Å². The summed E-state index contributed by atoms with van der Waals surface area (Å²) in [5, 5.41) is 0. The average Bonchev–Trinajstić information content (AvgIpc) is 2.61. The molecule has 1 saturated heterocycles. The van der Waals surface area contributed by atoms with E-state index < -0.39 is 11.6 Å². The van der Waals surface area contributed by atoms with E-state index in [0.29, 0.717) is 24.9 Å². The van der Waals surface area contributed by atoms with E-state index in [1.807, 2.05) is 0 Å². The van der Waals surface area contributed by atoms with Crippen LogP contribution in [0.25, 0.3) is 5.65 Å². The van der Waals surface area contributed by atoms with E-state index in [1.165, 1.54) is 11.5 Å². The average molecular weight is 315 g/mol. The Morgan fingerprint density at radius 1 is 1.39 bits per heavy atom. The molecule has 0 bridgehead atoms. The second-order valence-corrected chi connectivity index (χ2v) is 5.43. The molecule has 120 valence electrons. The van der Waals surface area contributed by atoms with Gasteiger partial charge in [-0.25, -0.2) is 9.78 Å². The van der Waals surface area contributed by atoms with Crippen LogP contribution in [0.3, 0.4) is 0 Å². The highest BCUT2D eigenvalue weighted by molar-refractivity contribution is 5.86. The highest BCUT2D eigenvalue weighted by Gasteiger charge is 2.32. The number of esters is 1. The SMILES string of the molecule is COC(=O)[C@@H]1CCCCN1c1nc2ccccn2c(=O)c1C=O. The van der Waals surface area contributed by atoms with Crippen molar-refractivity contribution in [2.45, 2.75) is 25.3 Å². The van der Waals surface area contributed by atoms with Crippen molar-refractivity contribution in [3.63, 3.8) is 0 Å². The molecule has 3 heterocycles. The molecule has 0 spiro atoms. The monoisotopic (exact) mass is 315 g/mol. The molecule has 1 atom stereocenters. The quantitative estimate of drug-likeness (QED) is 0.622. The van der Waals surface area contributed by atoms with Gasteiger partial charge in [-0.05, 0) is 31.4 Å². The minimum atomic E-state index is -0.523. The van der Waals surface area contributed by atoms with Crippen molar-refractivity contribution in [1.82, 2.24) is 9.38 Å². The number of ether oxygens (including phenoxy) is 1. The maximum Gasteiger partial charge on any atom is 0.328 e. The van der Waals surface area contributed by atoms with E-state index in [4.69, 9.17) is 4.74 Å². The number of aldehydes is 1. The molecule has 0 aromatic carbocycles. The van der Waals surface area contributed by atoms with Crippen LogP contribution >= 0.6 is 0 Å². The molecule has 0 N–H and O–H groups in total. The number of pyridine rings is 1. The number of hydrogen-bond acceptors (Lipinski definition) is 6. The zero-order valence-corrected chi connectivity index (χ0v) is 12.8. The zero-order chi connectivity index (χ0) is 16.4. The summed E-state index contributed by atoms with van der Waals surface area (Å²) in [4.78, 5) is 42.2. The molecular formula is C16H17N3O4. The van der Waals surface area contributed by atoms with Crippen LogP contribution in [0.4, 0.5) is 5.82 Å². The van der Waals surface area contributed by atoms with Gasteiger partial charge >= 0.3 is 5.97 Å². The number of hydrogen-bond donors (Lipinski definition) is 0. The van der Waals surface area contributed by atoms with E-state index in [1.54, 1.807) is 29.3 Å². The van der Waals surface area contributed by atoms with E-state index in [-0.39, 0.29) is 17.4 Å². The predicted molar refractivity (Wildman–Crippen MR) is 83.9 cm³/mol. The predicted octanol–water partition coefficient (Wildman–Crippen LogP) is 1.04. The van der Waals surface area contributed by atoms with Crippen LogP contribution < -0.4 is 10.5 Å². The van der Waals surface area contributed by atoms with Crippen molar-refractivity contribution in [1.29, 1.82) is 0 Å². The Morgan fingerprint density at radius 3 is 2.96 bits per heavy atom. The fraction of sp³-hybridized carbons (Fsp3) is 0.375. The Kier molecular flexibility index (Phi) is 4.10. The van der Waals surface area contributed by atoms with Gasteiger partial charge in [-0.2, -0.15) is 0 Å². The Bertz CT molecular complexity index is 815. The van der Waals surface area contributed by atoms with Gasteiger partial charge in [-0.1, -0.05) is 6.07 Å². The second kappa shape index (κ2) is 6.20. The van der Waals surface area contributed by atoms with Crippen molar-refractivity contribution in [3.05, 3.63) is 40.3 Å². The lowest BCUT2D eigenvalue weighted by Gasteiger charge is -2.35. The van der Waals surface area contributed by atoms with Crippen molar-refractivity contribution < 1.29 is 14.3 Å². The van der Waals surface area contributed by atoms with E-state index in [0.717, 1.165) is 12.8 Å². The molecule has 3 rings (SSSR count). The molecule has 1 fully saturated rings. The fourth-order valence-corrected chi connectivity index (χ4v) is 2.98. The number of anilines is 1. The van der Waals surface area contributed by atoms with Gasteiger partial charge in [0, 0.05) is 12.7 Å². The molecule has 0 amide bonds. The summed E-state index contributed by atoms with van der Waals surface area (Å²) in [6.07, 6.45) is 4.43. The number of nitrogens with zero attached hydrogens (tertiary/aromatic N) is 3. The molecule has 2 aromatic rings. The minimum absolute atomic E-state index is 0.0375. The van der Waals surface area contributed by atoms with Crippen LogP contribution in [0.1, 0.15) is 29.6 Å². The lowest BCUT2D eigenvalue weighted by atomic mass is 10.0. The topological polar surface area (TPSA) is 81.0 Å². The summed E-state index contributed by atoms with van der Waals surface area (Å²) >= 11 is 0. The molecule has 23 heavy (non-hydrogen) atoms. The number of piperidine rings is 1. The number of methoxy groups -OCH3 is 1. The lowest BCUT2D eigenvalue weighted by molar-refractivity contribution is -0.142. The molecule has 0 unspecified atom stereocenters. The van der Waals surface area contributed by atoms with Crippen molar-refractivity contribution in [3.8, 4) is 0 Å². The molecule has 1 aliphatic heterocycles. The Labute approximate surface area is 132 Å². The fourth-order valence-electron chi connectivity index (χ4n) is 2.98. The summed E-state index contributed by atoms with van der Waals surface area (Å²) < 4.78 is 6.18. The molecule has 0 saturated carbocycles. The van der Waals surface area contributed by atoms with Gasteiger partial charge in [0.05, 0.1) is 7.11 Å². The summed E-state index contributed by atoms with van der Waals surface area (Å²) in [5.41, 5.74) is -0.0356. The third-order valence-corrected chi connectivity index (χ3v) is 4.11. The summed E-state index contributed by atoms with van der Waals surface area (Å²) in [6.45, 7) is 0.552. The number of aromatic nitrogens is 2. The minimum Gasteiger partial charge on any atom is -0.467 e. The van der Waals surface area contributed by atoms with Crippen LogP contribution in [-0.4, -0.2) is 41.3 Å². The van der Waals surface area contributed by atoms with Crippen molar-refractivity contribution >= 4 is 23.7 Å². The number of carbonyl (C=O) groups excluding carboxylic acids is 2. The highest BCUT2D eigenvalue weighted by atomic mass is 16.5. The first-order valence-electron chi connectivity index (χ1n) is 7.48. The van der Waals surface area contributed by atoms with Gasteiger partial charge in [0.25, 0.3) is 5.56 Å². The van der Waals surface area contributed by atoms with Gasteiger partial charge in [0.15, 0.2) is 6.29 Å². The number of rotatable bonds is 3. The molecule has 2 aromatic heterocycles. The van der Waals surface area contributed by atoms with Crippen LogP contribution in [0.5, 0.6) is 0 Å². The smallest absolute Gasteiger partial charge is 0.328 e. The Hall–Kier alpha value is -2.70. The molecule has 7 heteroatoms. The maximum absolute atomic E-state index is 12.5. The molecular weight excluding hydrogens is 298 g/mol. The van der Waals surface area contributed by atoms with Gasteiger partial charge in [-0.3, -0.25) is 14.0 Å². The van der Waals surface area contributed by atoms with Gasteiger partial charge in [0.2, 0.25) is 0 Å². The standard InChI is InChI=1S/C16H17N3O4/c1-23-16(22)12-6-2-4-8-18(12)14-11(10-20)15(21)19-9-5-3-7-13(19)17-14/h3,5,7,9-10,12H,2,4,6,8H2,1H3/t12-/m0/s1. The third-order valence-electron chi connectivity index (χ3n) is 4.11. The first-order valence-corrected chi connectivity index (χ1v) is 7.48. The lowest BCUT2D eigenvalue weighted by Crippen LogP contribution is -2.47. The van der Waals surface area contributed by atoms with E-state index >= 15 is 0 Å². The number of fused-ring (bicyclic) bond motifs is 1. The second-order valence-electron chi connectivity index (χ2n) is 5.43. The van der Waals surface area contributed by atoms with E-state index in [2.05, 4.69) is 4.98 Å². The highest BCUT2D eigenvalue weighted by Crippen LogP contribution is 2.25. The number of carbonyl (C=O) groups is 2. The molecule has 1 aliphatic rings. The Morgan fingerprint density at radius 2 is 2.22 bits per heavy atom. The largest absolute Gasteiger partial charge is 0.467 e. The summed E-state index contributed by atoms with van der Waals surface area (Å²) in [5.74, 6) is -0.122. The molecule has 0 aliphatic carbocycles. The van der Waals surface area contributed by atoms with Crippen LogP contribution in [0, 0.1) is 0 Å². The Balaban J connectivity index is 2.19. The van der Waals surface area contributed by atoms with Crippen molar-refractivity contribution in [2.24, 2.45) is 0 Å².